The molecule has 0 saturated heterocycles. The Morgan fingerprint density at radius 2 is 1.32 bits per heavy atom. The molecule has 0 aliphatic heterocycles. The van der Waals surface area contributed by atoms with Gasteiger partial charge in [0.15, 0.2) is 0 Å². The summed E-state index contributed by atoms with van der Waals surface area (Å²) >= 11 is 3.45. The minimum atomic E-state index is -0.637. The molecule has 0 radical (unpaired) electrons. The Morgan fingerprint density at radius 3 is 1.93 bits per heavy atom. The fourth-order valence-electron chi connectivity index (χ4n) is 3.50. The van der Waals surface area contributed by atoms with Gasteiger partial charge >= 0.3 is 0 Å². The van der Waals surface area contributed by atoms with E-state index in [9.17, 15) is 5.11 Å². The lowest BCUT2D eigenvalue weighted by atomic mass is 9.96. The molecular weight excluding hydrogens is 380 g/mol. The Labute approximate surface area is 175 Å². The third-order valence-corrected chi connectivity index (χ3v) is 6.51. The Balaban J connectivity index is 1.72. The zero-order valence-corrected chi connectivity index (χ0v) is 17.6. The van der Waals surface area contributed by atoms with Crippen LogP contribution >= 0.6 is 23.5 Å². The van der Waals surface area contributed by atoms with E-state index in [1.165, 1.54) is 20.9 Å². The Bertz CT molecular complexity index is 1030. The predicted molar refractivity (Wildman–Crippen MR) is 124 cm³/mol. The van der Waals surface area contributed by atoms with Crippen LogP contribution in [0.4, 0.5) is 0 Å². The maximum atomic E-state index is 11.1. The van der Waals surface area contributed by atoms with Crippen molar-refractivity contribution in [2.24, 2.45) is 0 Å². The van der Waals surface area contributed by atoms with E-state index in [4.69, 9.17) is 0 Å². The maximum absolute atomic E-state index is 11.1. The number of fused-ring (bicyclic) bond motifs is 1. The van der Waals surface area contributed by atoms with E-state index in [0.717, 1.165) is 22.3 Å². The highest BCUT2D eigenvalue weighted by molar-refractivity contribution is 7.98. The summed E-state index contributed by atoms with van der Waals surface area (Å²) < 4.78 is 0. The first kappa shape index (κ1) is 19.1. The van der Waals surface area contributed by atoms with Crippen molar-refractivity contribution in [1.82, 2.24) is 0 Å². The summed E-state index contributed by atoms with van der Waals surface area (Å²) in [5.41, 5.74) is 6.47. The van der Waals surface area contributed by atoms with Crippen molar-refractivity contribution in [2.75, 3.05) is 12.5 Å². The van der Waals surface area contributed by atoms with Gasteiger partial charge in [-0.15, -0.1) is 23.5 Å². The van der Waals surface area contributed by atoms with Gasteiger partial charge in [0, 0.05) is 9.79 Å². The van der Waals surface area contributed by atoms with Crippen molar-refractivity contribution in [3.63, 3.8) is 0 Å². The van der Waals surface area contributed by atoms with E-state index in [1.807, 2.05) is 18.2 Å². The lowest BCUT2D eigenvalue weighted by Gasteiger charge is -2.14. The van der Waals surface area contributed by atoms with Crippen LogP contribution in [-0.2, 0) is 0 Å². The number of aliphatic hydroxyl groups excluding tert-OH is 1. The quantitative estimate of drug-likeness (QED) is 0.474. The van der Waals surface area contributed by atoms with E-state index in [2.05, 4.69) is 79.3 Å². The van der Waals surface area contributed by atoms with E-state index in [-0.39, 0.29) is 0 Å². The number of hydrogen-bond donors (Lipinski definition) is 1. The number of hydrogen-bond acceptors (Lipinski definition) is 3. The topological polar surface area (TPSA) is 20.2 Å². The van der Waals surface area contributed by atoms with Gasteiger partial charge in [-0.1, -0.05) is 48.5 Å². The molecule has 3 heteroatoms. The smallest absolute Gasteiger partial charge is 0.105 e. The van der Waals surface area contributed by atoms with Gasteiger partial charge in [-0.05, 0) is 82.3 Å². The Morgan fingerprint density at radius 1 is 0.750 bits per heavy atom. The molecule has 1 nitrogen and oxygen atoms in total. The molecule has 0 heterocycles. The van der Waals surface area contributed by atoms with Crippen LogP contribution in [0.15, 0.2) is 88.7 Å². The number of aliphatic hydroxyl groups is 1. The van der Waals surface area contributed by atoms with Gasteiger partial charge in [-0.2, -0.15) is 0 Å². The molecule has 3 aromatic carbocycles. The van der Waals surface area contributed by atoms with Crippen molar-refractivity contribution >= 4 is 40.7 Å². The fourth-order valence-corrected chi connectivity index (χ4v) is 4.32. The van der Waals surface area contributed by atoms with Gasteiger partial charge in [0.25, 0.3) is 0 Å². The van der Waals surface area contributed by atoms with E-state index < -0.39 is 6.10 Å². The second-order valence-corrected chi connectivity index (χ2v) is 8.45. The van der Waals surface area contributed by atoms with Gasteiger partial charge in [0.2, 0.25) is 0 Å². The number of allylic oxidation sites excluding steroid dienone is 2. The highest BCUT2D eigenvalue weighted by atomic mass is 32.2. The second-order valence-electron chi connectivity index (χ2n) is 6.69. The molecule has 0 aromatic heterocycles. The summed E-state index contributed by atoms with van der Waals surface area (Å²) in [6.45, 7) is 0. The van der Waals surface area contributed by atoms with Crippen LogP contribution in [0.5, 0.6) is 0 Å². The first-order chi connectivity index (χ1) is 13.7. The van der Waals surface area contributed by atoms with E-state index >= 15 is 0 Å². The number of rotatable bonds is 5. The molecule has 1 aliphatic carbocycles. The van der Waals surface area contributed by atoms with Crippen LogP contribution in [0, 0.1) is 0 Å². The molecule has 0 saturated carbocycles. The summed E-state index contributed by atoms with van der Waals surface area (Å²) in [6, 6.07) is 25.1. The van der Waals surface area contributed by atoms with Crippen LogP contribution in [0.1, 0.15) is 28.4 Å². The highest BCUT2D eigenvalue weighted by Crippen LogP contribution is 2.42. The van der Waals surface area contributed by atoms with Gasteiger partial charge < -0.3 is 5.11 Å². The molecule has 0 spiro atoms. The van der Waals surface area contributed by atoms with E-state index in [1.54, 1.807) is 23.5 Å². The SMILES string of the molecule is CSc1ccc(C=C2C=C(C(O)c3ccc(SC)cc3)c3ccccc32)cc1. The molecule has 0 bridgehead atoms. The molecule has 1 unspecified atom stereocenters. The molecule has 0 fully saturated rings. The summed E-state index contributed by atoms with van der Waals surface area (Å²) in [7, 11) is 0. The Hall–Kier alpha value is -2.20. The highest BCUT2D eigenvalue weighted by Gasteiger charge is 2.24. The minimum absolute atomic E-state index is 0.637. The van der Waals surface area contributed by atoms with Crippen molar-refractivity contribution < 1.29 is 5.11 Å². The zero-order chi connectivity index (χ0) is 19.5. The summed E-state index contributed by atoms with van der Waals surface area (Å²) in [5.74, 6) is 0. The van der Waals surface area contributed by atoms with Crippen LogP contribution in [-0.4, -0.2) is 17.6 Å². The zero-order valence-electron chi connectivity index (χ0n) is 15.9. The third-order valence-electron chi connectivity index (χ3n) is 5.02. The molecule has 28 heavy (non-hydrogen) atoms. The monoisotopic (exact) mass is 402 g/mol. The molecule has 140 valence electrons. The van der Waals surface area contributed by atoms with Crippen LogP contribution in [0.2, 0.25) is 0 Å². The second kappa shape index (κ2) is 8.44. The lowest BCUT2D eigenvalue weighted by molar-refractivity contribution is 0.238. The average molecular weight is 403 g/mol. The molecule has 4 rings (SSSR count). The number of thioether (sulfide) groups is 2. The average Bonchev–Trinajstić information content (AvgIpc) is 3.12. The van der Waals surface area contributed by atoms with Crippen molar-refractivity contribution in [2.45, 2.75) is 15.9 Å². The minimum Gasteiger partial charge on any atom is -0.384 e. The van der Waals surface area contributed by atoms with Crippen molar-refractivity contribution in [3.8, 4) is 0 Å². The van der Waals surface area contributed by atoms with Crippen molar-refractivity contribution in [1.29, 1.82) is 0 Å². The standard InChI is InChI=1S/C25H22OS2/c1-27-20-11-7-17(8-12-20)15-19-16-24(23-6-4-3-5-22(19)23)25(26)18-9-13-21(28-2)14-10-18/h3-16,25-26H,1-2H3. The fraction of sp³-hybridized carbons (Fsp3) is 0.120. The largest absolute Gasteiger partial charge is 0.384 e. The molecule has 1 aliphatic rings. The molecule has 1 N–H and O–H groups in total. The summed E-state index contributed by atoms with van der Waals surface area (Å²) in [6.07, 6.45) is 7.83. The van der Waals surface area contributed by atoms with Crippen LogP contribution < -0.4 is 0 Å². The molecular formula is C25H22OS2. The third kappa shape index (κ3) is 3.83. The predicted octanol–water partition coefficient (Wildman–Crippen LogP) is 6.80. The first-order valence-electron chi connectivity index (χ1n) is 9.19. The van der Waals surface area contributed by atoms with Gasteiger partial charge in [-0.3, -0.25) is 0 Å². The maximum Gasteiger partial charge on any atom is 0.105 e. The lowest BCUT2D eigenvalue weighted by Crippen LogP contribution is -1.99. The summed E-state index contributed by atoms with van der Waals surface area (Å²) in [4.78, 5) is 2.46. The number of benzene rings is 3. The van der Waals surface area contributed by atoms with Crippen LogP contribution in [0.25, 0.3) is 17.2 Å². The first-order valence-corrected chi connectivity index (χ1v) is 11.6. The molecule has 1 atom stereocenters. The molecule has 0 amide bonds. The van der Waals surface area contributed by atoms with Gasteiger partial charge in [0.1, 0.15) is 6.10 Å². The Kier molecular flexibility index (Phi) is 5.77. The van der Waals surface area contributed by atoms with Crippen molar-refractivity contribution in [3.05, 3.63) is 101 Å². The normalized spacial score (nSPS) is 15.4. The van der Waals surface area contributed by atoms with E-state index in [0.29, 0.717) is 0 Å². The molecule has 3 aromatic rings. The van der Waals surface area contributed by atoms with Gasteiger partial charge in [-0.25, -0.2) is 0 Å². The van der Waals surface area contributed by atoms with Gasteiger partial charge in [0.05, 0.1) is 0 Å². The summed E-state index contributed by atoms with van der Waals surface area (Å²) in [5, 5.41) is 11.1. The van der Waals surface area contributed by atoms with Crippen LogP contribution in [0.3, 0.4) is 0 Å².